The van der Waals surface area contributed by atoms with Crippen LogP contribution in [0.4, 0.5) is 0 Å². The van der Waals surface area contributed by atoms with Gasteiger partial charge in [0.25, 0.3) is 0 Å². The standard InChI is InChI=1S/C5H8O2.Na/c1-4(6)3-5(2)7;/h3,6H,1-2H3;/q;+1/p-1. The van der Waals surface area contributed by atoms with E-state index in [1.165, 1.54) is 13.8 Å². The Morgan fingerprint density at radius 3 is 1.88 bits per heavy atom. The summed E-state index contributed by atoms with van der Waals surface area (Å²) < 4.78 is 0. The molecule has 40 valence electrons. The van der Waals surface area contributed by atoms with Gasteiger partial charge in [-0.1, -0.05) is 6.92 Å². The first kappa shape index (κ1) is 11.1. The van der Waals surface area contributed by atoms with Gasteiger partial charge in [0.05, 0.1) is 0 Å². The molecule has 0 bridgehead atoms. The van der Waals surface area contributed by atoms with E-state index in [0.29, 0.717) is 0 Å². The van der Waals surface area contributed by atoms with E-state index >= 15 is 0 Å². The quantitative estimate of drug-likeness (QED) is 0.209. The molecule has 0 amide bonds. The van der Waals surface area contributed by atoms with E-state index in [1.54, 1.807) is 0 Å². The molecule has 0 rings (SSSR count). The molecule has 0 spiro atoms. The largest absolute Gasteiger partial charge is 1.00 e. The van der Waals surface area contributed by atoms with Crippen LogP contribution < -0.4 is 34.7 Å². The van der Waals surface area contributed by atoms with Crippen molar-refractivity contribution in [3.8, 4) is 0 Å². The maximum atomic E-state index is 9.98. The van der Waals surface area contributed by atoms with Crippen LogP contribution in [0, 0.1) is 0 Å². The van der Waals surface area contributed by atoms with Crippen LogP contribution in [0.3, 0.4) is 0 Å². The summed E-state index contributed by atoms with van der Waals surface area (Å²) in [5, 5.41) is 9.98. The van der Waals surface area contributed by atoms with Crippen LogP contribution in [0.25, 0.3) is 0 Å². The van der Waals surface area contributed by atoms with Crippen LogP contribution >= 0.6 is 0 Å². The van der Waals surface area contributed by atoms with Gasteiger partial charge in [0.2, 0.25) is 0 Å². The first-order valence-corrected chi connectivity index (χ1v) is 1.99. The second-order valence-corrected chi connectivity index (χ2v) is 1.37. The summed E-state index contributed by atoms with van der Waals surface area (Å²) in [5.41, 5.74) is 0. The molecule has 0 aromatic carbocycles. The first-order chi connectivity index (χ1) is 3.13. The minimum Gasteiger partial charge on any atom is -0.876 e. The third-order valence-corrected chi connectivity index (χ3v) is 0.407. The van der Waals surface area contributed by atoms with Crippen molar-refractivity contribution < 1.29 is 39.5 Å². The van der Waals surface area contributed by atoms with Gasteiger partial charge in [-0.3, -0.25) is 4.79 Å². The van der Waals surface area contributed by atoms with Gasteiger partial charge in [-0.05, 0) is 13.0 Å². The number of carbonyl (C=O) groups is 1. The minimum atomic E-state index is -0.187. The molecule has 0 saturated carbocycles. The Morgan fingerprint density at radius 1 is 1.50 bits per heavy atom. The number of rotatable bonds is 1. The molecular weight excluding hydrogens is 115 g/mol. The van der Waals surface area contributed by atoms with E-state index in [4.69, 9.17) is 0 Å². The average Bonchev–Trinajstić information content (AvgIpc) is 1.27. The second kappa shape index (κ2) is 5.35. The van der Waals surface area contributed by atoms with Gasteiger partial charge in [0.1, 0.15) is 0 Å². The summed E-state index contributed by atoms with van der Waals surface area (Å²) >= 11 is 0. The van der Waals surface area contributed by atoms with E-state index in [2.05, 4.69) is 0 Å². The third kappa shape index (κ3) is 9.51. The number of allylic oxidation sites excluding steroid dienone is 2. The first-order valence-electron chi connectivity index (χ1n) is 1.99. The maximum absolute atomic E-state index is 9.98. The zero-order valence-electron chi connectivity index (χ0n) is 5.39. The molecule has 0 unspecified atom stereocenters. The van der Waals surface area contributed by atoms with Crippen molar-refractivity contribution in [3.05, 3.63) is 11.8 Å². The van der Waals surface area contributed by atoms with Gasteiger partial charge >= 0.3 is 29.6 Å². The molecular formula is C5H7NaO2. The van der Waals surface area contributed by atoms with Crippen molar-refractivity contribution in [1.82, 2.24) is 0 Å². The molecule has 0 N–H and O–H groups in total. The molecule has 0 fully saturated rings. The second-order valence-electron chi connectivity index (χ2n) is 1.37. The molecule has 0 heterocycles. The third-order valence-electron chi connectivity index (χ3n) is 0.407. The van der Waals surface area contributed by atoms with Gasteiger partial charge in [-0.25, -0.2) is 0 Å². The maximum Gasteiger partial charge on any atom is 1.00 e. The Bertz CT molecular complexity index is 103. The van der Waals surface area contributed by atoms with Crippen LogP contribution in [0.15, 0.2) is 11.8 Å². The van der Waals surface area contributed by atoms with E-state index in [9.17, 15) is 9.90 Å². The molecule has 0 saturated heterocycles. The Kier molecular flexibility index (Phi) is 7.40. The van der Waals surface area contributed by atoms with Gasteiger partial charge in [0.15, 0.2) is 5.78 Å². The number of hydrogen-bond acceptors (Lipinski definition) is 2. The summed E-state index contributed by atoms with van der Waals surface area (Å²) in [6.45, 7) is 2.70. The molecule has 3 heteroatoms. The average molecular weight is 122 g/mol. The molecule has 0 atom stereocenters. The molecule has 0 aliphatic carbocycles. The van der Waals surface area contributed by atoms with Crippen molar-refractivity contribution in [2.45, 2.75) is 13.8 Å². The van der Waals surface area contributed by atoms with Crippen LogP contribution in [0.5, 0.6) is 0 Å². The molecule has 0 radical (unpaired) electrons. The molecule has 2 nitrogen and oxygen atoms in total. The summed E-state index contributed by atoms with van der Waals surface area (Å²) in [6, 6.07) is 0. The Balaban J connectivity index is 0. The predicted molar refractivity (Wildman–Crippen MR) is 24.4 cm³/mol. The Morgan fingerprint density at radius 2 is 1.88 bits per heavy atom. The van der Waals surface area contributed by atoms with E-state index in [-0.39, 0.29) is 41.1 Å². The van der Waals surface area contributed by atoms with Crippen molar-refractivity contribution in [2.24, 2.45) is 0 Å². The molecule has 0 aliphatic rings. The van der Waals surface area contributed by atoms with Crippen molar-refractivity contribution in [2.75, 3.05) is 0 Å². The topological polar surface area (TPSA) is 40.1 Å². The smallest absolute Gasteiger partial charge is 0.876 e. The van der Waals surface area contributed by atoms with Crippen molar-refractivity contribution in [1.29, 1.82) is 0 Å². The Hall–Kier alpha value is 0.210. The zero-order chi connectivity index (χ0) is 5.86. The number of carbonyl (C=O) groups excluding carboxylic acids is 1. The van der Waals surface area contributed by atoms with Crippen LogP contribution in [0.1, 0.15) is 13.8 Å². The summed E-state index contributed by atoms with van der Waals surface area (Å²) in [4.78, 5) is 9.98. The van der Waals surface area contributed by atoms with E-state index < -0.39 is 0 Å². The van der Waals surface area contributed by atoms with Crippen LogP contribution in [0.2, 0.25) is 0 Å². The fourth-order valence-corrected chi connectivity index (χ4v) is 0.286. The summed E-state index contributed by atoms with van der Waals surface area (Å²) in [6.07, 6.45) is 1.06. The molecule has 0 aromatic heterocycles. The van der Waals surface area contributed by atoms with Crippen molar-refractivity contribution in [3.63, 3.8) is 0 Å². The van der Waals surface area contributed by atoms with Crippen LogP contribution in [-0.4, -0.2) is 5.78 Å². The van der Waals surface area contributed by atoms with E-state index in [0.717, 1.165) is 6.08 Å². The predicted octanol–water partition coefficient (Wildman–Crippen LogP) is -3.16. The Labute approximate surface area is 70.9 Å². The van der Waals surface area contributed by atoms with Crippen LogP contribution in [-0.2, 0) is 4.79 Å². The van der Waals surface area contributed by atoms with Gasteiger partial charge < -0.3 is 5.11 Å². The molecule has 0 aromatic rings. The van der Waals surface area contributed by atoms with E-state index in [1.807, 2.05) is 0 Å². The number of hydrogen-bond donors (Lipinski definition) is 0. The zero-order valence-corrected chi connectivity index (χ0v) is 7.39. The number of ketones is 1. The summed E-state index contributed by atoms with van der Waals surface area (Å²) in [5.74, 6) is -0.375. The van der Waals surface area contributed by atoms with Gasteiger partial charge in [-0.15, -0.1) is 5.76 Å². The molecule has 8 heavy (non-hydrogen) atoms. The minimum absolute atomic E-state index is 0. The molecule has 0 aliphatic heterocycles. The van der Waals surface area contributed by atoms with Gasteiger partial charge in [0, 0.05) is 0 Å². The van der Waals surface area contributed by atoms with Crippen molar-refractivity contribution >= 4 is 5.78 Å². The fourth-order valence-electron chi connectivity index (χ4n) is 0.286. The normalized spacial score (nSPS) is 10.0. The fraction of sp³-hybridized carbons (Fsp3) is 0.400. The summed E-state index contributed by atoms with van der Waals surface area (Å²) in [7, 11) is 0. The van der Waals surface area contributed by atoms with Gasteiger partial charge in [-0.2, -0.15) is 0 Å². The SMILES string of the molecule is CC(=O)C=C(C)[O-].[Na+]. The monoisotopic (exact) mass is 122 g/mol.